The Morgan fingerprint density at radius 3 is 2.31 bits per heavy atom. The number of aliphatic carboxylic acids is 1. The number of sulfonamides is 1. The third-order valence-electron chi connectivity index (χ3n) is 8.37. The molecule has 3 aromatic carbocycles. The maximum absolute atomic E-state index is 14.5. The summed E-state index contributed by atoms with van der Waals surface area (Å²) in [5.74, 6) is -1.75. The third-order valence-corrected chi connectivity index (χ3v) is 10.2. The van der Waals surface area contributed by atoms with Crippen LogP contribution in [-0.4, -0.2) is 42.9 Å². The van der Waals surface area contributed by atoms with Gasteiger partial charge < -0.3 is 10.0 Å². The fraction of sp³-hybridized carbons (Fsp3) is 0.375. The van der Waals surface area contributed by atoms with E-state index in [1.807, 2.05) is 36.4 Å². The SMILES string of the molecule is C[C@]1(CC(=O)O)CC(c2cccc(Cl)c2)[C@@H](c2ccc(Cl)cc2)N([C@H](CNS(=O)(=O)Cc2ccccc2)C2CC2)C1=O. The molecule has 2 aliphatic rings. The number of carbonyl (C=O) groups is 2. The van der Waals surface area contributed by atoms with E-state index in [2.05, 4.69) is 4.72 Å². The number of hydrogen-bond acceptors (Lipinski definition) is 4. The second-order valence-electron chi connectivity index (χ2n) is 11.7. The van der Waals surface area contributed by atoms with Crippen molar-refractivity contribution in [3.63, 3.8) is 0 Å². The van der Waals surface area contributed by atoms with E-state index in [4.69, 9.17) is 23.2 Å². The third kappa shape index (κ3) is 7.00. The first-order chi connectivity index (χ1) is 20.0. The van der Waals surface area contributed by atoms with Crippen molar-refractivity contribution >= 4 is 45.1 Å². The molecule has 0 spiro atoms. The molecule has 0 bridgehead atoms. The molecule has 4 atom stereocenters. The van der Waals surface area contributed by atoms with Crippen molar-refractivity contribution in [3.8, 4) is 0 Å². The van der Waals surface area contributed by atoms with Gasteiger partial charge in [-0.2, -0.15) is 0 Å². The number of carbonyl (C=O) groups excluding carboxylic acids is 1. The maximum atomic E-state index is 14.5. The van der Waals surface area contributed by atoms with Gasteiger partial charge in [-0.25, -0.2) is 13.1 Å². The predicted octanol–water partition coefficient (Wildman–Crippen LogP) is 6.43. The average Bonchev–Trinajstić information content (AvgIpc) is 3.77. The molecule has 42 heavy (non-hydrogen) atoms. The summed E-state index contributed by atoms with van der Waals surface area (Å²) in [6.07, 6.45) is 1.64. The molecule has 0 aromatic heterocycles. The number of likely N-dealkylation sites (tertiary alicyclic amines) is 1. The average molecular weight is 630 g/mol. The zero-order chi connectivity index (χ0) is 30.1. The number of benzene rings is 3. The number of carboxylic acids is 1. The van der Waals surface area contributed by atoms with Crippen LogP contribution in [0.4, 0.5) is 0 Å². The van der Waals surface area contributed by atoms with Gasteiger partial charge in [-0.1, -0.05) is 84.7 Å². The van der Waals surface area contributed by atoms with E-state index >= 15 is 0 Å². The molecule has 1 amide bonds. The number of halogens is 2. The van der Waals surface area contributed by atoms with Gasteiger partial charge in [0, 0.05) is 28.5 Å². The lowest BCUT2D eigenvalue weighted by atomic mass is 9.67. The van der Waals surface area contributed by atoms with E-state index in [9.17, 15) is 23.1 Å². The first-order valence-electron chi connectivity index (χ1n) is 14.0. The molecule has 5 rings (SSSR count). The number of nitrogens with one attached hydrogen (secondary N) is 1. The number of nitrogens with zero attached hydrogens (tertiary/aromatic N) is 1. The number of piperidine rings is 1. The van der Waals surface area contributed by atoms with Gasteiger partial charge in [0.15, 0.2) is 0 Å². The molecule has 1 unspecified atom stereocenters. The van der Waals surface area contributed by atoms with E-state index in [1.165, 1.54) is 0 Å². The van der Waals surface area contributed by atoms with Crippen molar-refractivity contribution in [2.45, 2.75) is 56.4 Å². The molecule has 1 aliphatic carbocycles. The molecule has 1 heterocycles. The van der Waals surface area contributed by atoms with Crippen LogP contribution in [0.2, 0.25) is 10.0 Å². The fourth-order valence-electron chi connectivity index (χ4n) is 6.28. The van der Waals surface area contributed by atoms with E-state index in [1.54, 1.807) is 54.3 Å². The highest BCUT2D eigenvalue weighted by atomic mass is 35.5. The van der Waals surface area contributed by atoms with Crippen LogP contribution >= 0.6 is 23.2 Å². The highest BCUT2D eigenvalue weighted by Crippen LogP contribution is 2.54. The summed E-state index contributed by atoms with van der Waals surface area (Å²) in [6, 6.07) is 22.7. The Kier molecular flexibility index (Phi) is 8.99. The minimum atomic E-state index is -3.72. The van der Waals surface area contributed by atoms with Gasteiger partial charge in [-0.05, 0) is 66.1 Å². The van der Waals surface area contributed by atoms with Crippen molar-refractivity contribution in [1.29, 1.82) is 0 Å². The van der Waals surface area contributed by atoms with Crippen molar-refractivity contribution in [3.05, 3.63) is 106 Å². The van der Waals surface area contributed by atoms with Gasteiger partial charge in [0.2, 0.25) is 15.9 Å². The van der Waals surface area contributed by atoms with Gasteiger partial charge in [-0.3, -0.25) is 9.59 Å². The number of rotatable bonds is 11. The Labute approximate surface area is 256 Å². The molecular weight excluding hydrogens is 595 g/mol. The van der Waals surface area contributed by atoms with Gasteiger partial charge in [-0.15, -0.1) is 0 Å². The largest absolute Gasteiger partial charge is 0.481 e. The van der Waals surface area contributed by atoms with Gasteiger partial charge in [0.1, 0.15) is 0 Å². The molecule has 0 radical (unpaired) electrons. The normalized spacial score (nSPS) is 23.5. The Morgan fingerprint density at radius 2 is 1.69 bits per heavy atom. The zero-order valence-electron chi connectivity index (χ0n) is 23.2. The first kappa shape index (κ1) is 30.5. The van der Waals surface area contributed by atoms with Gasteiger partial charge in [0.25, 0.3) is 0 Å². The first-order valence-corrected chi connectivity index (χ1v) is 16.4. The molecule has 3 aromatic rings. The molecular formula is C32H34Cl2N2O5S. The van der Waals surface area contributed by atoms with Crippen LogP contribution in [0.25, 0.3) is 0 Å². The quantitative estimate of drug-likeness (QED) is 0.255. The predicted molar refractivity (Wildman–Crippen MR) is 164 cm³/mol. The summed E-state index contributed by atoms with van der Waals surface area (Å²) in [5, 5.41) is 11.0. The minimum absolute atomic E-state index is 0.0288. The van der Waals surface area contributed by atoms with Crippen LogP contribution < -0.4 is 4.72 Å². The number of amides is 1. The smallest absolute Gasteiger partial charge is 0.304 e. The summed E-state index contributed by atoms with van der Waals surface area (Å²) in [5.41, 5.74) is 1.18. The van der Waals surface area contributed by atoms with Crippen molar-refractivity contribution in [1.82, 2.24) is 9.62 Å². The summed E-state index contributed by atoms with van der Waals surface area (Å²) >= 11 is 12.7. The summed E-state index contributed by atoms with van der Waals surface area (Å²) in [4.78, 5) is 28.3. The topological polar surface area (TPSA) is 104 Å². The molecule has 1 saturated carbocycles. The number of carboxylic acid groups (broad SMARTS) is 1. The molecule has 1 saturated heterocycles. The van der Waals surface area contributed by atoms with Crippen molar-refractivity contribution in [2.75, 3.05) is 6.54 Å². The van der Waals surface area contributed by atoms with E-state index < -0.39 is 33.5 Å². The summed E-state index contributed by atoms with van der Waals surface area (Å²) < 4.78 is 29.1. The Hall–Kier alpha value is -2.91. The van der Waals surface area contributed by atoms with Crippen LogP contribution in [0.1, 0.15) is 61.3 Å². The molecule has 10 heteroatoms. The lowest BCUT2D eigenvalue weighted by Gasteiger charge is -2.52. The minimum Gasteiger partial charge on any atom is -0.481 e. The summed E-state index contributed by atoms with van der Waals surface area (Å²) in [7, 11) is -3.72. The highest BCUT2D eigenvalue weighted by molar-refractivity contribution is 7.88. The maximum Gasteiger partial charge on any atom is 0.304 e. The van der Waals surface area contributed by atoms with Crippen molar-refractivity contribution in [2.24, 2.45) is 11.3 Å². The lowest BCUT2D eigenvalue weighted by molar-refractivity contribution is -0.161. The van der Waals surface area contributed by atoms with E-state index in [0.717, 1.165) is 24.0 Å². The molecule has 2 fully saturated rings. The Morgan fingerprint density at radius 1 is 1.00 bits per heavy atom. The second-order valence-corrected chi connectivity index (χ2v) is 14.4. The van der Waals surface area contributed by atoms with Gasteiger partial charge in [0.05, 0.1) is 23.6 Å². The van der Waals surface area contributed by atoms with Crippen LogP contribution in [-0.2, 0) is 25.4 Å². The van der Waals surface area contributed by atoms with Crippen LogP contribution in [0.5, 0.6) is 0 Å². The molecule has 2 N–H and O–H groups in total. The van der Waals surface area contributed by atoms with Crippen LogP contribution in [0, 0.1) is 11.3 Å². The van der Waals surface area contributed by atoms with Crippen LogP contribution in [0.15, 0.2) is 78.9 Å². The molecule has 7 nitrogen and oxygen atoms in total. The van der Waals surface area contributed by atoms with Crippen LogP contribution in [0.3, 0.4) is 0 Å². The Balaban J connectivity index is 1.58. The van der Waals surface area contributed by atoms with E-state index in [0.29, 0.717) is 22.0 Å². The monoisotopic (exact) mass is 628 g/mol. The van der Waals surface area contributed by atoms with Gasteiger partial charge >= 0.3 is 5.97 Å². The van der Waals surface area contributed by atoms with E-state index in [-0.39, 0.29) is 36.5 Å². The second kappa shape index (κ2) is 12.4. The zero-order valence-corrected chi connectivity index (χ0v) is 25.6. The summed E-state index contributed by atoms with van der Waals surface area (Å²) in [6.45, 7) is 1.73. The standard InChI is InChI=1S/C32H34Cl2N2O5S/c1-32(18-29(37)38)17-27(24-8-5-9-26(34)16-24)30(23-12-14-25(33)15-13-23)36(31(32)39)28(22-10-11-22)19-35-42(40,41)20-21-6-3-2-4-7-21/h2-9,12-16,22,27-28,30,35H,10-11,17-20H2,1H3,(H,37,38)/t27?,28-,30-,32-/m1/s1. The molecule has 222 valence electrons. The fourth-order valence-corrected chi connectivity index (χ4v) is 7.76. The number of hydrogen-bond donors (Lipinski definition) is 2. The molecule has 1 aliphatic heterocycles. The van der Waals surface area contributed by atoms with Crippen molar-refractivity contribution < 1.29 is 23.1 Å². The highest BCUT2D eigenvalue weighted by Gasteiger charge is 2.54. The lowest BCUT2D eigenvalue weighted by Crippen LogP contribution is -2.59. The Bertz CT molecular complexity index is 1550.